The topological polar surface area (TPSA) is 102 Å². The number of rotatable bonds is 6. The summed E-state index contributed by atoms with van der Waals surface area (Å²) < 4.78 is 12.7. The number of carbonyl (C=O) groups excluding carboxylic acids is 1. The number of fused-ring (bicyclic) bond motifs is 4. The zero-order valence-corrected chi connectivity index (χ0v) is 19.5. The Balaban J connectivity index is 1.04. The highest BCUT2D eigenvalue weighted by atomic mass is 16.7. The van der Waals surface area contributed by atoms with Crippen LogP contribution in [0.2, 0.25) is 0 Å². The molecule has 3 saturated heterocycles. The normalized spacial score (nSPS) is 29.2. The first kappa shape index (κ1) is 21.9. The molecule has 1 aromatic heterocycles. The van der Waals surface area contributed by atoms with E-state index in [4.69, 9.17) is 9.47 Å². The highest BCUT2D eigenvalue weighted by molar-refractivity contribution is 5.79. The largest absolute Gasteiger partial charge is 0.454 e. The van der Waals surface area contributed by atoms with E-state index in [1.165, 1.54) is 6.42 Å². The molecule has 1 saturated carbocycles. The molecule has 1 unspecified atom stereocenters. The lowest BCUT2D eigenvalue weighted by atomic mass is 9.75. The van der Waals surface area contributed by atoms with Crippen molar-refractivity contribution >= 4 is 5.91 Å². The predicted octanol–water partition coefficient (Wildman–Crippen LogP) is 2.19. The summed E-state index contributed by atoms with van der Waals surface area (Å²) in [5.74, 6) is 2.04. The fourth-order valence-corrected chi connectivity index (χ4v) is 6.21. The van der Waals surface area contributed by atoms with Gasteiger partial charge >= 0.3 is 0 Å². The summed E-state index contributed by atoms with van der Waals surface area (Å²) in [6.07, 6.45) is 8.78. The Morgan fingerprint density at radius 3 is 2.88 bits per heavy atom. The third-order valence-electron chi connectivity index (χ3n) is 8.21. The zero-order chi connectivity index (χ0) is 23.1. The van der Waals surface area contributed by atoms with Gasteiger partial charge in [-0.2, -0.15) is 0 Å². The predicted molar refractivity (Wildman–Crippen MR) is 123 cm³/mol. The van der Waals surface area contributed by atoms with E-state index in [1.807, 2.05) is 29.1 Å². The van der Waals surface area contributed by atoms with Crippen molar-refractivity contribution < 1.29 is 19.4 Å². The smallest absolute Gasteiger partial charge is 0.231 e. The second kappa shape index (κ2) is 8.85. The molecule has 182 valence electrons. The van der Waals surface area contributed by atoms with Crippen LogP contribution >= 0.6 is 0 Å². The second-order valence-corrected chi connectivity index (χ2v) is 10.4. The number of amides is 1. The van der Waals surface area contributed by atoms with E-state index in [0.29, 0.717) is 24.2 Å². The summed E-state index contributed by atoms with van der Waals surface area (Å²) >= 11 is 0. The first-order valence-electron chi connectivity index (χ1n) is 12.6. The second-order valence-electron chi connectivity index (χ2n) is 10.4. The van der Waals surface area contributed by atoms with E-state index in [0.717, 1.165) is 75.2 Å². The zero-order valence-electron chi connectivity index (χ0n) is 19.5. The van der Waals surface area contributed by atoms with Gasteiger partial charge in [0.1, 0.15) is 11.3 Å². The molecule has 4 aliphatic heterocycles. The van der Waals surface area contributed by atoms with E-state index in [-0.39, 0.29) is 18.6 Å². The van der Waals surface area contributed by atoms with Crippen LogP contribution in [0.25, 0.3) is 0 Å². The molecule has 1 aromatic carbocycles. The standard InChI is InChI=1S/C25H33N5O4/c31-24(26-12-17-4-5-21-22(10-17)34-16-33-21)20-14-29-9-6-18(20)11-19(29)13-30-15-23(27-28-30)25(32)7-2-1-3-8-25/h4-5,10,15,18-20,32H,1-3,6-9,11-14,16H2,(H,26,31)/t18-,19-,20-/m1/s1. The van der Waals surface area contributed by atoms with Crippen LogP contribution in [0.5, 0.6) is 11.5 Å². The minimum atomic E-state index is -0.816. The van der Waals surface area contributed by atoms with Crippen LogP contribution in [0.3, 0.4) is 0 Å². The average molecular weight is 468 g/mol. The molecule has 5 heterocycles. The Morgan fingerprint density at radius 1 is 1.21 bits per heavy atom. The van der Waals surface area contributed by atoms with Gasteiger partial charge in [0.2, 0.25) is 12.7 Å². The van der Waals surface area contributed by atoms with Gasteiger partial charge in [-0.25, -0.2) is 0 Å². The fraction of sp³-hybridized carbons (Fsp3) is 0.640. The van der Waals surface area contributed by atoms with Gasteiger partial charge in [-0.3, -0.25) is 14.4 Å². The van der Waals surface area contributed by atoms with Gasteiger partial charge in [0, 0.05) is 19.1 Å². The molecular weight excluding hydrogens is 434 g/mol. The van der Waals surface area contributed by atoms with E-state index in [2.05, 4.69) is 20.5 Å². The Labute approximate surface area is 199 Å². The maximum atomic E-state index is 13.0. The van der Waals surface area contributed by atoms with Crippen LogP contribution in [-0.4, -0.2) is 56.8 Å². The number of aliphatic hydroxyl groups is 1. The molecule has 4 fully saturated rings. The number of hydrogen-bond acceptors (Lipinski definition) is 7. The molecule has 1 aliphatic carbocycles. The third kappa shape index (κ3) is 4.15. The van der Waals surface area contributed by atoms with Crippen molar-refractivity contribution in [1.29, 1.82) is 0 Å². The lowest BCUT2D eigenvalue weighted by Gasteiger charge is -2.49. The number of carbonyl (C=O) groups is 1. The summed E-state index contributed by atoms with van der Waals surface area (Å²) in [5, 5.41) is 22.8. The number of nitrogens with zero attached hydrogens (tertiary/aromatic N) is 4. The van der Waals surface area contributed by atoms with Gasteiger partial charge in [0.05, 0.1) is 18.7 Å². The van der Waals surface area contributed by atoms with Gasteiger partial charge in [-0.1, -0.05) is 30.5 Å². The quantitative estimate of drug-likeness (QED) is 0.671. The molecule has 2 N–H and O–H groups in total. The van der Waals surface area contributed by atoms with Crippen molar-refractivity contribution in [3.63, 3.8) is 0 Å². The van der Waals surface area contributed by atoms with Crippen molar-refractivity contribution in [2.45, 2.75) is 69.7 Å². The molecule has 1 amide bonds. The Bertz CT molecular complexity index is 1050. The summed E-state index contributed by atoms with van der Waals surface area (Å²) in [7, 11) is 0. The molecule has 0 spiro atoms. The molecule has 2 bridgehead atoms. The Morgan fingerprint density at radius 2 is 2.06 bits per heavy atom. The first-order chi connectivity index (χ1) is 16.6. The van der Waals surface area contributed by atoms with Crippen LogP contribution < -0.4 is 14.8 Å². The van der Waals surface area contributed by atoms with Crippen LogP contribution in [-0.2, 0) is 23.5 Å². The average Bonchev–Trinajstić information content (AvgIpc) is 3.53. The lowest BCUT2D eigenvalue weighted by Crippen LogP contribution is -2.58. The summed E-state index contributed by atoms with van der Waals surface area (Å²) in [6, 6.07) is 6.15. The van der Waals surface area contributed by atoms with Crippen molar-refractivity contribution in [1.82, 2.24) is 25.2 Å². The van der Waals surface area contributed by atoms with Gasteiger partial charge in [-0.15, -0.1) is 5.10 Å². The number of nitrogens with one attached hydrogen (secondary N) is 1. The monoisotopic (exact) mass is 467 g/mol. The van der Waals surface area contributed by atoms with Gasteiger partial charge < -0.3 is 19.9 Å². The minimum absolute atomic E-state index is 0.0215. The molecule has 4 atom stereocenters. The maximum absolute atomic E-state index is 13.0. The third-order valence-corrected chi connectivity index (χ3v) is 8.21. The molecule has 5 aliphatic rings. The van der Waals surface area contributed by atoms with Crippen LogP contribution in [0.15, 0.2) is 24.4 Å². The van der Waals surface area contributed by atoms with E-state index in [9.17, 15) is 9.90 Å². The molecule has 9 heteroatoms. The SMILES string of the molecule is O=C(NCc1ccc2c(c1)OCO2)[C@@H]1CN2CC[C@@H]1C[C@@H]2Cn1cc(C2(O)CCCCC2)nn1. The molecule has 34 heavy (non-hydrogen) atoms. The number of aromatic nitrogens is 3. The van der Waals surface area contributed by atoms with Gasteiger partial charge in [0.25, 0.3) is 0 Å². The summed E-state index contributed by atoms with van der Waals surface area (Å²) in [6.45, 7) is 3.31. The molecular formula is C25H33N5O4. The van der Waals surface area contributed by atoms with E-state index < -0.39 is 5.60 Å². The number of piperidine rings is 3. The highest BCUT2D eigenvalue weighted by Crippen LogP contribution is 2.38. The van der Waals surface area contributed by atoms with Crippen LogP contribution in [0.1, 0.15) is 56.2 Å². The summed E-state index contributed by atoms with van der Waals surface area (Å²) in [5.41, 5.74) is 0.908. The van der Waals surface area contributed by atoms with Crippen LogP contribution in [0, 0.1) is 11.8 Å². The molecule has 9 nitrogen and oxygen atoms in total. The van der Waals surface area contributed by atoms with Gasteiger partial charge in [0.15, 0.2) is 11.5 Å². The lowest BCUT2D eigenvalue weighted by molar-refractivity contribution is -0.133. The molecule has 0 radical (unpaired) electrons. The molecule has 7 rings (SSSR count). The van der Waals surface area contributed by atoms with E-state index >= 15 is 0 Å². The summed E-state index contributed by atoms with van der Waals surface area (Å²) in [4.78, 5) is 15.5. The number of benzene rings is 1. The van der Waals surface area contributed by atoms with Crippen LogP contribution in [0.4, 0.5) is 0 Å². The Hall–Kier alpha value is -2.65. The highest BCUT2D eigenvalue weighted by Gasteiger charge is 2.43. The first-order valence-corrected chi connectivity index (χ1v) is 12.6. The number of ether oxygens (including phenoxy) is 2. The van der Waals surface area contributed by atoms with Crippen molar-refractivity contribution in [2.24, 2.45) is 11.8 Å². The fourth-order valence-electron chi connectivity index (χ4n) is 6.21. The maximum Gasteiger partial charge on any atom is 0.231 e. The van der Waals surface area contributed by atoms with Gasteiger partial charge in [-0.05, 0) is 55.8 Å². The van der Waals surface area contributed by atoms with Crippen molar-refractivity contribution in [3.8, 4) is 11.5 Å². The minimum Gasteiger partial charge on any atom is -0.454 e. The van der Waals surface area contributed by atoms with Crippen molar-refractivity contribution in [2.75, 3.05) is 19.9 Å². The molecule has 2 aromatic rings. The van der Waals surface area contributed by atoms with E-state index in [1.54, 1.807) is 0 Å². The van der Waals surface area contributed by atoms with Crippen molar-refractivity contribution in [3.05, 3.63) is 35.7 Å². The number of hydrogen-bond donors (Lipinski definition) is 2. The Kier molecular flexibility index (Phi) is 5.69.